The Labute approximate surface area is 182 Å². The quantitative estimate of drug-likeness (QED) is 0.463. The fourth-order valence-electron chi connectivity index (χ4n) is 2.87. The first kappa shape index (κ1) is 24.6. The van der Waals surface area contributed by atoms with Gasteiger partial charge in [-0.1, -0.05) is 54.6 Å². The van der Waals surface area contributed by atoms with Crippen molar-refractivity contribution in [3.8, 4) is 0 Å². The molecule has 2 aromatic rings. The molecule has 0 aliphatic carbocycles. The van der Waals surface area contributed by atoms with E-state index in [1.54, 1.807) is 50.2 Å². The summed E-state index contributed by atoms with van der Waals surface area (Å²) in [6.45, 7) is 4.11. The van der Waals surface area contributed by atoms with Crippen molar-refractivity contribution in [2.24, 2.45) is 0 Å². The number of amides is 1. The predicted octanol–water partition coefficient (Wildman–Crippen LogP) is 4.37. The van der Waals surface area contributed by atoms with Crippen LogP contribution in [-0.2, 0) is 42.3 Å². The van der Waals surface area contributed by atoms with Gasteiger partial charge in [-0.3, -0.25) is 4.57 Å². The zero-order chi connectivity index (χ0) is 22.7. The highest BCUT2D eigenvalue weighted by molar-refractivity contribution is 7.53. The van der Waals surface area contributed by atoms with Gasteiger partial charge < -0.3 is 24.2 Å². The van der Waals surface area contributed by atoms with E-state index < -0.39 is 25.7 Å². The molecular formula is C22H28NO7P. The molecule has 0 fully saturated rings. The molecule has 0 aliphatic rings. The maximum absolute atomic E-state index is 12.6. The average molecular weight is 449 g/mol. The average Bonchev–Trinajstić information content (AvgIpc) is 2.74. The van der Waals surface area contributed by atoms with Gasteiger partial charge in [-0.25, -0.2) is 9.59 Å². The molecule has 1 amide bonds. The van der Waals surface area contributed by atoms with E-state index in [1.165, 1.54) is 0 Å². The van der Waals surface area contributed by atoms with Crippen LogP contribution in [0.15, 0.2) is 54.6 Å². The van der Waals surface area contributed by atoms with E-state index in [9.17, 15) is 19.3 Å². The molecule has 0 saturated carbocycles. The third-order valence-electron chi connectivity index (χ3n) is 4.29. The largest absolute Gasteiger partial charge is 0.480 e. The van der Waals surface area contributed by atoms with E-state index in [0.29, 0.717) is 5.56 Å². The second-order valence-electron chi connectivity index (χ2n) is 6.72. The molecule has 0 heterocycles. The smallest absolute Gasteiger partial charge is 0.408 e. The number of benzene rings is 2. The van der Waals surface area contributed by atoms with Crippen LogP contribution in [0.5, 0.6) is 0 Å². The van der Waals surface area contributed by atoms with Gasteiger partial charge in [-0.2, -0.15) is 0 Å². The highest BCUT2D eigenvalue weighted by Gasteiger charge is 2.25. The molecule has 2 rings (SSSR count). The Hall–Kier alpha value is -2.67. The standard InChI is InChI=1S/C22H28NO7P/c1-3-29-31(27,30-4-2)16-19-12-10-17(11-13-19)14-20(21(24)25)23-22(26)28-15-18-8-6-5-7-9-18/h5-13,20H,3-4,14-16H2,1-2H3,(H,23,26)(H,24,25)/t20-/m0/s1. The van der Waals surface area contributed by atoms with E-state index in [1.807, 2.05) is 18.2 Å². The van der Waals surface area contributed by atoms with Gasteiger partial charge in [-0.05, 0) is 30.5 Å². The molecule has 0 bridgehead atoms. The molecule has 0 aromatic heterocycles. The fourth-order valence-corrected chi connectivity index (χ4v) is 4.57. The zero-order valence-electron chi connectivity index (χ0n) is 17.7. The molecule has 0 saturated heterocycles. The number of hydrogen-bond donors (Lipinski definition) is 2. The molecule has 31 heavy (non-hydrogen) atoms. The minimum atomic E-state index is -3.22. The minimum Gasteiger partial charge on any atom is -0.480 e. The number of carbonyl (C=O) groups is 2. The number of nitrogens with one attached hydrogen (secondary N) is 1. The lowest BCUT2D eigenvalue weighted by Gasteiger charge is -2.17. The van der Waals surface area contributed by atoms with Gasteiger partial charge in [0, 0.05) is 6.42 Å². The number of hydrogen-bond acceptors (Lipinski definition) is 6. The Morgan fingerprint density at radius 1 is 0.935 bits per heavy atom. The molecule has 0 spiro atoms. The van der Waals surface area contributed by atoms with Gasteiger partial charge in [0.15, 0.2) is 0 Å². The van der Waals surface area contributed by atoms with Crippen molar-refractivity contribution in [1.82, 2.24) is 5.32 Å². The van der Waals surface area contributed by atoms with E-state index in [2.05, 4.69) is 5.32 Å². The summed E-state index contributed by atoms with van der Waals surface area (Å²) in [4.78, 5) is 23.6. The van der Waals surface area contributed by atoms with Crippen molar-refractivity contribution in [3.63, 3.8) is 0 Å². The zero-order valence-corrected chi connectivity index (χ0v) is 18.5. The Morgan fingerprint density at radius 3 is 2.06 bits per heavy atom. The number of carbonyl (C=O) groups excluding carboxylic acids is 1. The number of aliphatic carboxylic acids is 1. The third-order valence-corrected chi connectivity index (χ3v) is 6.35. The Balaban J connectivity index is 1.94. The summed E-state index contributed by atoms with van der Waals surface area (Å²) in [5, 5.41) is 11.8. The fraction of sp³-hybridized carbons (Fsp3) is 0.364. The first-order chi connectivity index (χ1) is 14.8. The van der Waals surface area contributed by atoms with Crippen LogP contribution >= 0.6 is 7.60 Å². The second-order valence-corrected chi connectivity index (χ2v) is 8.78. The molecule has 0 aliphatic heterocycles. The normalized spacial score (nSPS) is 12.2. The Morgan fingerprint density at radius 2 is 1.52 bits per heavy atom. The van der Waals surface area contributed by atoms with E-state index in [-0.39, 0.29) is 32.4 Å². The topological polar surface area (TPSA) is 111 Å². The summed E-state index contributed by atoms with van der Waals surface area (Å²) in [5.74, 6) is -1.17. The Bertz CT molecular complexity index is 876. The summed E-state index contributed by atoms with van der Waals surface area (Å²) >= 11 is 0. The van der Waals surface area contributed by atoms with Crippen molar-refractivity contribution in [1.29, 1.82) is 0 Å². The van der Waals surface area contributed by atoms with Crippen molar-refractivity contribution in [2.75, 3.05) is 13.2 Å². The number of carboxylic acids is 1. The van der Waals surface area contributed by atoms with E-state index >= 15 is 0 Å². The van der Waals surface area contributed by atoms with Crippen molar-refractivity contribution >= 4 is 19.7 Å². The van der Waals surface area contributed by atoms with Crippen LogP contribution < -0.4 is 5.32 Å². The van der Waals surface area contributed by atoms with Crippen LogP contribution in [0.3, 0.4) is 0 Å². The van der Waals surface area contributed by atoms with Gasteiger partial charge in [-0.15, -0.1) is 0 Å². The number of alkyl carbamates (subject to hydrolysis) is 1. The third kappa shape index (κ3) is 8.53. The van der Waals surface area contributed by atoms with E-state index in [4.69, 9.17) is 13.8 Å². The second kappa shape index (κ2) is 12.2. The van der Waals surface area contributed by atoms with Crippen molar-refractivity contribution in [2.45, 2.75) is 39.1 Å². The Kier molecular flexibility index (Phi) is 9.72. The number of carboxylic acid groups (broad SMARTS) is 1. The van der Waals surface area contributed by atoms with Crippen LogP contribution in [0.25, 0.3) is 0 Å². The van der Waals surface area contributed by atoms with Gasteiger partial charge >= 0.3 is 19.7 Å². The molecular weight excluding hydrogens is 421 g/mol. The summed E-state index contributed by atoms with van der Waals surface area (Å²) in [5.41, 5.74) is 2.25. The lowest BCUT2D eigenvalue weighted by molar-refractivity contribution is -0.139. The van der Waals surface area contributed by atoms with Crippen molar-refractivity contribution in [3.05, 3.63) is 71.3 Å². The van der Waals surface area contributed by atoms with Crippen LogP contribution in [0.4, 0.5) is 4.79 Å². The van der Waals surface area contributed by atoms with Crippen LogP contribution in [0.2, 0.25) is 0 Å². The maximum atomic E-state index is 12.6. The lowest BCUT2D eigenvalue weighted by atomic mass is 10.0. The van der Waals surface area contributed by atoms with Crippen LogP contribution in [-0.4, -0.2) is 36.4 Å². The highest BCUT2D eigenvalue weighted by Crippen LogP contribution is 2.51. The molecule has 168 valence electrons. The van der Waals surface area contributed by atoms with Gasteiger partial charge in [0.05, 0.1) is 19.4 Å². The monoisotopic (exact) mass is 449 g/mol. The molecule has 1 atom stereocenters. The molecule has 2 aromatic carbocycles. The summed E-state index contributed by atoms with van der Waals surface area (Å²) in [6.07, 6.45) is -0.603. The van der Waals surface area contributed by atoms with Crippen molar-refractivity contribution < 1.29 is 33.0 Å². The van der Waals surface area contributed by atoms with Crippen LogP contribution in [0, 0.1) is 0 Å². The molecule has 9 heteroatoms. The highest BCUT2D eigenvalue weighted by atomic mass is 31.2. The summed E-state index contributed by atoms with van der Waals surface area (Å²) in [7, 11) is -3.22. The SMILES string of the molecule is CCOP(=O)(Cc1ccc(C[C@H](NC(=O)OCc2ccccc2)C(=O)O)cc1)OCC. The number of rotatable bonds is 12. The van der Waals surface area contributed by atoms with Gasteiger partial charge in [0.25, 0.3) is 0 Å². The minimum absolute atomic E-state index is 0.0490. The predicted molar refractivity (Wildman–Crippen MR) is 116 cm³/mol. The molecule has 8 nitrogen and oxygen atoms in total. The molecule has 2 N–H and O–H groups in total. The first-order valence-electron chi connectivity index (χ1n) is 10.0. The maximum Gasteiger partial charge on any atom is 0.408 e. The summed E-state index contributed by atoms with van der Waals surface area (Å²) in [6, 6.07) is 14.9. The molecule has 0 unspecified atom stereocenters. The first-order valence-corrected chi connectivity index (χ1v) is 11.7. The van der Waals surface area contributed by atoms with Crippen LogP contribution in [0.1, 0.15) is 30.5 Å². The number of ether oxygens (including phenoxy) is 1. The lowest BCUT2D eigenvalue weighted by Crippen LogP contribution is -2.42. The van der Waals surface area contributed by atoms with Gasteiger partial charge in [0.1, 0.15) is 12.6 Å². The van der Waals surface area contributed by atoms with E-state index in [0.717, 1.165) is 11.1 Å². The summed E-state index contributed by atoms with van der Waals surface area (Å²) < 4.78 is 28.3. The molecule has 0 radical (unpaired) electrons. The van der Waals surface area contributed by atoms with Gasteiger partial charge in [0.2, 0.25) is 0 Å².